The fraction of sp³-hybridized carbons (Fsp3) is 0.438. The molecule has 3 aromatic rings. The summed E-state index contributed by atoms with van der Waals surface area (Å²) >= 11 is 12.6. The Labute approximate surface area is 252 Å². The second kappa shape index (κ2) is 17.1. The average Bonchev–Trinajstić information content (AvgIpc) is 2.96. The van der Waals surface area contributed by atoms with Gasteiger partial charge in [0.1, 0.15) is 5.75 Å². The van der Waals surface area contributed by atoms with Crippen LogP contribution in [0.1, 0.15) is 98.8 Å². The van der Waals surface area contributed by atoms with Crippen LogP contribution in [0, 0.1) is 0 Å². The second-order valence-electron chi connectivity index (χ2n) is 9.98. The van der Waals surface area contributed by atoms with E-state index in [0.717, 1.165) is 19.3 Å². The van der Waals surface area contributed by atoms with Crippen molar-refractivity contribution in [2.24, 2.45) is 0 Å². The lowest BCUT2D eigenvalue weighted by Gasteiger charge is -2.14. The summed E-state index contributed by atoms with van der Waals surface area (Å²) in [5, 5.41) is 15.0. The summed E-state index contributed by atoms with van der Waals surface area (Å²) in [5.74, 6) is -1.37. The van der Waals surface area contributed by atoms with E-state index in [1.54, 1.807) is 18.2 Å². The van der Waals surface area contributed by atoms with Crippen LogP contribution in [0.15, 0.2) is 42.5 Å². The minimum absolute atomic E-state index is 0.0437. The first-order valence-corrected chi connectivity index (χ1v) is 15.2. The molecule has 3 aromatic carbocycles. The van der Waals surface area contributed by atoms with Crippen LogP contribution in [-0.2, 0) is 9.57 Å². The first-order chi connectivity index (χ1) is 19.9. The van der Waals surface area contributed by atoms with Crippen molar-refractivity contribution in [3.8, 4) is 5.75 Å². The maximum atomic E-state index is 13.1. The Balaban J connectivity index is 1.57. The number of hydrogen-bond donors (Lipinski definition) is 3. The summed E-state index contributed by atoms with van der Waals surface area (Å²) in [6.45, 7) is 4.83. The number of carbonyl (C=O) groups is 2. The zero-order valence-corrected chi connectivity index (χ0v) is 25.4. The van der Waals surface area contributed by atoms with Crippen molar-refractivity contribution in [1.82, 2.24) is 0 Å². The van der Waals surface area contributed by atoms with Crippen molar-refractivity contribution in [3.05, 3.63) is 63.6 Å². The number of phenolic OH excluding ortho intramolecular Hbond substituents is 1. The van der Waals surface area contributed by atoms with E-state index in [0.29, 0.717) is 29.7 Å². The van der Waals surface area contributed by atoms with E-state index in [2.05, 4.69) is 17.7 Å². The van der Waals surface area contributed by atoms with Gasteiger partial charge in [-0.25, -0.2) is 4.79 Å². The third-order valence-corrected chi connectivity index (χ3v) is 7.49. The highest BCUT2D eigenvalue weighted by Crippen LogP contribution is 2.35. The number of unbranched alkanes of at least 4 members (excludes halogenated alkanes) is 9. The molecule has 3 N–H and O–H groups in total. The Bertz CT molecular complexity index is 1310. The normalized spacial score (nSPS) is 11.0. The molecule has 0 atom stereocenters. The second-order valence-corrected chi connectivity index (χ2v) is 10.8. The van der Waals surface area contributed by atoms with Crippen LogP contribution in [-0.4, -0.2) is 30.2 Å². The number of rotatable bonds is 17. The Hall–Kier alpha value is -3.00. The first kappa shape index (κ1) is 32.5. The van der Waals surface area contributed by atoms with E-state index in [1.807, 2.05) is 13.0 Å². The van der Waals surface area contributed by atoms with Gasteiger partial charge in [-0.15, -0.1) is 0 Å². The van der Waals surface area contributed by atoms with E-state index in [9.17, 15) is 14.7 Å². The van der Waals surface area contributed by atoms with Crippen LogP contribution in [0.25, 0.3) is 10.8 Å². The average molecular weight is 604 g/mol. The lowest BCUT2D eigenvalue weighted by atomic mass is 10.0. The molecule has 0 unspecified atom stereocenters. The molecular weight excluding hydrogens is 563 g/mol. The molecule has 0 spiro atoms. The lowest BCUT2D eigenvalue weighted by molar-refractivity contribution is 0.0497. The molecule has 0 aliphatic rings. The number of ether oxygens (including phenoxy) is 1. The largest absolute Gasteiger partial charge is 0.506 e. The monoisotopic (exact) mass is 602 g/mol. The van der Waals surface area contributed by atoms with Gasteiger partial charge in [-0.1, -0.05) is 106 Å². The number of carbonyl (C=O) groups excluding carboxylic acids is 2. The van der Waals surface area contributed by atoms with Crippen molar-refractivity contribution in [2.75, 3.05) is 24.0 Å². The number of nitrogens with one attached hydrogen (secondary N) is 2. The van der Waals surface area contributed by atoms with E-state index < -0.39 is 11.9 Å². The zero-order chi connectivity index (χ0) is 29.6. The van der Waals surface area contributed by atoms with Gasteiger partial charge >= 0.3 is 5.97 Å². The molecule has 0 aliphatic heterocycles. The van der Waals surface area contributed by atoms with Crippen LogP contribution in [0.4, 0.5) is 11.4 Å². The topological polar surface area (TPSA) is 96.9 Å². The molecule has 0 aliphatic carbocycles. The number of aromatic hydroxyl groups is 1. The minimum atomic E-state index is -0.596. The number of amides is 1. The fourth-order valence-corrected chi connectivity index (χ4v) is 5.09. The first-order valence-electron chi connectivity index (χ1n) is 14.5. The van der Waals surface area contributed by atoms with Crippen LogP contribution in [0.2, 0.25) is 10.0 Å². The van der Waals surface area contributed by atoms with Gasteiger partial charge in [-0.2, -0.15) is 0 Å². The van der Waals surface area contributed by atoms with Crippen molar-refractivity contribution in [2.45, 2.75) is 78.1 Å². The molecule has 0 bridgehead atoms. The predicted octanol–water partition coefficient (Wildman–Crippen LogP) is 9.55. The molecule has 0 saturated carbocycles. The van der Waals surface area contributed by atoms with E-state index >= 15 is 0 Å². The quantitative estimate of drug-likeness (QED) is 0.0808. The zero-order valence-electron chi connectivity index (χ0n) is 23.9. The Morgan fingerprint density at radius 2 is 1.46 bits per heavy atom. The van der Waals surface area contributed by atoms with Gasteiger partial charge < -0.3 is 15.2 Å². The third kappa shape index (κ3) is 9.52. The van der Waals surface area contributed by atoms with Crippen molar-refractivity contribution in [3.63, 3.8) is 0 Å². The molecule has 222 valence electrons. The number of hydrogen-bond acceptors (Lipinski definition) is 6. The van der Waals surface area contributed by atoms with E-state index in [-0.39, 0.29) is 32.6 Å². The Morgan fingerprint density at radius 1 is 0.780 bits per heavy atom. The Morgan fingerprint density at radius 3 is 2.15 bits per heavy atom. The highest BCUT2D eigenvalue weighted by atomic mass is 35.5. The molecular formula is C32H40Cl2N2O5. The number of phenols is 1. The number of esters is 1. The number of fused-ring (bicyclic) bond motifs is 1. The standard InChI is InChI=1S/C32H40Cl2N2O5/c1-3-5-6-7-8-9-10-11-12-13-19-40-32(39)25-20-29(27(34)21-26(25)33)35-31(38)24-18-17-22-23(30(24)37)15-14-16-28(22)36-41-4-2/h14-18,20-21,36-37H,3-13,19H2,1-2H3,(H,35,38). The summed E-state index contributed by atoms with van der Waals surface area (Å²) in [6.07, 6.45) is 11.9. The molecule has 0 saturated heterocycles. The lowest BCUT2D eigenvalue weighted by Crippen LogP contribution is -2.14. The third-order valence-electron chi connectivity index (χ3n) is 6.86. The van der Waals surface area contributed by atoms with E-state index in [1.165, 1.54) is 63.1 Å². The Kier molecular flexibility index (Phi) is 13.5. The van der Waals surface area contributed by atoms with Gasteiger partial charge in [0, 0.05) is 10.8 Å². The van der Waals surface area contributed by atoms with Gasteiger partial charge in [0.25, 0.3) is 5.91 Å². The van der Waals surface area contributed by atoms with Gasteiger partial charge in [0.2, 0.25) is 0 Å². The maximum absolute atomic E-state index is 13.1. The highest BCUT2D eigenvalue weighted by Gasteiger charge is 2.20. The molecule has 41 heavy (non-hydrogen) atoms. The summed E-state index contributed by atoms with van der Waals surface area (Å²) < 4.78 is 5.44. The molecule has 0 radical (unpaired) electrons. The predicted molar refractivity (Wildman–Crippen MR) is 167 cm³/mol. The molecule has 0 fully saturated rings. The van der Waals surface area contributed by atoms with Crippen LogP contribution < -0.4 is 10.8 Å². The molecule has 0 aromatic heterocycles. The van der Waals surface area contributed by atoms with Crippen molar-refractivity contribution >= 4 is 57.2 Å². The summed E-state index contributed by atoms with van der Waals surface area (Å²) in [4.78, 5) is 31.1. The summed E-state index contributed by atoms with van der Waals surface area (Å²) in [6, 6.07) is 11.3. The van der Waals surface area contributed by atoms with Crippen LogP contribution >= 0.6 is 23.2 Å². The van der Waals surface area contributed by atoms with Gasteiger partial charge in [-0.3, -0.25) is 15.1 Å². The smallest absolute Gasteiger partial charge is 0.339 e. The number of benzene rings is 3. The number of halogens is 2. The van der Waals surface area contributed by atoms with Crippen LogP contribution in [0.3, 0.4) is 0 Å². The SMILES string of the molecule is CCCCCCCCCCCCOC(=O)c1cc(NC(=O)c2ccc3c(NOCC)cccc3c2O)c(Cl)cc1Cl. The van der Waals surface area contributed by atoms with Crippen LogP contribution in [0.5, 0.6) is 5.75 Å². The molecule has 9 heteroatoms. The van der Waals surface area contributed by atoms with Crippen molar-refractivity contribution in [1.29, 1.82) is 0 Å². The fourth-order valence-electron chi connectivity index (χ4n) is 4.59. The molecule has 3 rings (SSSR count). The minimum Gasteiger partial charge on any atom is -0.506 e. The van der Waals surface area contributed by atoms with Gasteiger partial charge in [0.05, 0.1) is 45.8 Å². The maximum Gasteiger partial charge on any atom is 0.339 e. The van der Waals surface area contributed by atoms with Gasteiger partial charge in [0.15, 0.2) is 0 Å². The highest BCUT2D eigenvalue weighted by molar-refractivity contribution is 6.38. The van der Waals surface area contributed by atoms with Gasteiger partial charge in [-0.05, 0) is 37.6 Å². The molecule has 7 nitrogen and oxygen atoms in total. The van der Waals surface area contributed by atoms with E-state index in [4.69, 9.17) is 32.8 Å². The summed E-state index contributed by atoms with van der Waals surface area (Å²) in [7, 11) is 0. The van der Waals surface area contributed by atoms with Crippen molar-refractivity contribution < 1.29 is 24.3 Å². The number of anilines is 2. The summed E-state index contributed by atoms with van der Waals surface area (Å²) in [5.41, 5.74) is 3.82. The molecule has 0 heterocycles. The molecule has 1 amide bonds.